The van der Waals surface area contributed by atoms with E-state index in [4.69, 9.17) is 16.3 Å². The second-order valence-corrected chi connectivity index (χ2v) is 5.87. The summed E-state index contributed by atoms with van der Waals surface area (Å²) in [5.41, 5.74) is 2.62. The molecule has 2 heterocycles. The Morgan fingerprint density at radius 3 is 2.80 bits per heavy atom. The molecule has 1 amide bonds. The van der Waals surface area contributed by atoms with E-state index >= 15 is 0 Å². The Morgan fingerprint density at radius 2 is 2.08 bits per heavy atom. The van der Waals surface area contributed by atoms with Gasteiger partial charge in [0.2, 0.25) is 0 Å². The first-order valence-electron chi connectivity index (χ1n) is 7.70. The molecule has 0 spiro atoms. The van der Waals surface area contributed by atoms with Crippen LogP contribution < -0.4 is 10.1 Å². The summed E-state index contributed by atoms with van der Waals surface area (Å²) in [6.45, 7) is 0.297. The second kappa shape index (κ2) is 7.81. The van der Waals surface area contributed by atoms with Gasteiger partial charge in [-0.15, -0.1) is 0 Å². The van der Waals surface area contributed by atoms with Crippen LogP contribution in [-0.4, -0.2) is 27.3 Å². The summed E-state index contributed by atoms with van der Waals surface area (Å²) in [5, 5.41) is 7.62. The number of pyridine rings is 1. The number of halogens is 1. The van der Waals surface area contributed by atoms with E-state index in [1.54, 1.807) is 41.3 Å². The molecule has 0 bridgehead atoms. The monoisotopic (exact) mass is 356 g/mol. The molecular formula is C18H17ClN4O2. The normalized spacial score (nSPS) is 10.5. The number of carbonyl (C=O) groups excluding carboxylic acids is 1. The molecule has 0 saturated carbocycles. The first kappa shape index (κ1) is 17.0. The van der Waals surface area contributed by atoms with Crippen molar-refractivity contribution >= 4 is 17.5 Å². The van der Waals surface area contributed by atoms with Crippen LogP contribution in [0.1, 0.15) is 5.56 Å². The fourth-order valence-corrected chi connectivity index (χ4v) is 2.44. The zero-order chi connectivity index (χ0) is 17.6. The standard InChI is InChI=1S/C18H17ClN4O2/c1-23-11-14(10-22-23)18-13(3-2-8-20-18)9-21-17(24)12-25-16-6-4-15(19)5-7-16/h2-8,10-11H,9,12H2,1H3,(H,21,24). The summed E-state index contributed by atoms with van der Waals surface area (Å²) in [6.07, 6.45) is 5.35. The number of ether oxygens (including phenoxy) is 1. The van der Waals surface area contributed by atoms with E-state index in [9.17, 15) is 4.79 Å². The number of hydrogen-bond acceptors (Lipinski definition) is 4. The lowest BCUT2D eigenvalue weighted by molar-refractivity contribution is -0.123. The van der Waals surface area contributed by atoms with Gasteiger partial charge in [0.1, 0.15) is 5.75 Å². The van der Waals surface area contributed by atoms with Crippen LogP contribution in [0.5, 0.6) is 5.75 Å². The van der Waals surface area contributed by atoms with Crippen molar-refractivity contribution in [3.63, 3.8) is 0 Å². The number of benzene rings is 1. The van der Waals surface area contributed by atoms with Gasteiger partial charge < -0.3 is 10.1 Å². The lowest BCUT2D eigenvalue weighted by Gasteiger charge is -2.10. The van der Waals surface area contributed by atoms with E-state index in [1.807, 2.05) is 25.4 Å². The summed E-state index contributed by atoms with van der Waals surface area (Å²) in [7, 11) is 1.85. The number of amides is 1. The Bertz CT molecular complexity index is 862. The predicted molar refractivity (Wildman–Crippen MR) is 95.2 cm³/mol. The number of hydrogen-bond donors (Lipinski definition) is 1. The van der Waals surface area contributed by atoms with Gasteiger partial charge in [-0.2, -0.15) is 5.10 Å². The SMILES string of the molecule is Cn1cc(-c2ncccc2CNC(=O)COc2ccc(Cl)cc2)cn1. The van der Waals surface area contributed by atoms with Gasteiger partial charge in [0.25, 0.3) is 5.91 Å². The van der Waals surface area contributed by atoms with Crippen LogP contribution in [0.15, 0.2) is 55.0 Å². The highest BCUT2D eigenvalue weighted by Crippen LogP contribution is 2.20. The van der Waals surface area contributed by atoms with Crippen molar-refractivity contribution in [1.29, 1.82) is 0 Å². The minimum Gasteiger partial charge on any atom is -0.484 e. The van der Waals surface area contributed by atoms with Crippen molar-refractivity contribution in [2.45, 2.75) is 6.54 Å². The van der Waals surface area contributed by atoms with Crippen LogP contribution in [0.25, 0.3) is 11.3 Å². The van der Waals surface area contributed by atoms with Crippen molar-refractivity contribution in [3.05, 3.63) is 65.6 Å². The maximum absolute atomic E-state index is 12.0. The van der Waals surface area contributed by atoms with Gasteiger partial charge in [-0.05, 0) is 35.9 Å². The Labute approximate surface area is 150 Å². The number of carbonyl (C=O) groups is 1. The van der Waals surface area contributed by atoms with Gasteiger partial charge >= 0.3 is 0 Å². The van der Waals surface area contributed by atoms with Gasteiger partial charge in [-0.3, -0.25) is 14.5 Å². The second-order valence-electron chi connectivity index (χ2n) is 5.43. The fraction of sp³-hybridized carbons (Fsp3) is 0.167. The van der Waals surface area contributed by atoms with Crippen molar-refractivity contribution in [2.75, 3.05) is 6.61 Å². The molecule has 1 N–H and O–H groups in total. The van der Waals surface area contributed by atoms with Crippen LogP contribution in [0.3, 0.4) is 0 Å². The molecule has 3 rings (SSSR count). The van der Waals surface area contributed by atoms with Gasteiger partial charge in [0.05, 0.1) is 11.9 Å². The van der Waals surface area contributed by atoms with Crippen LogP contribution >= 0.6 is 11.6 Å². The molecule has 0 saturated heterocycles. The van der Waals surface area contributed by atoms with Crippen LogP contribution in [0, 0.1) is 0 Å². The molecule has 0 atom stereocenters. The van der Waals surface area contributed by atoms with E-state index in [2.05, 4.69) is 15.4 Å². The Balaban J connectivity index is 1.58. The van der Waals surface area contributed by atoms with Crippen LogP contribution in [0.4, 0.5) is 0 Å². The third kappa shape index (κ3) is 4.58. The predicted octanol–water partition coefficient (Wildman–Crippen LogP) is 2.83. The molecule has 128 valence electrons. The quantitative estimate of drug-likeness (QED) is 0.737. The van der Waals surface area contributed by atoms with E-state index in [1.165, 1.54) is 0 Å². The maximum atomic E-state index is 12.0. The maximum Gasteiger partial charge on any atom is 0.258 e. The molecule has 0 aliphatic heterocycles. The van der Waals surface area contributed by atoms with Crippen molar-refractivity contribution in [3.8, 4) is 17.0 Å². The Hall–Kier alpha value is -2.86. The summed E-state index contributed by atoms with van der Waals surface area (Å²) in [6, 6.07) is 10.6. The number of aryl methyl sites for hydroxylation is 1. The fourth-order valence-electron chi connectivity index (χ4n) is 2.31. The minimum absolute atomic E-state index is 0.0654. The van der Waals surface area contributed by atoms with Gasteiger partial charge in [0, 0.05) is 36.6 Å². The zero-order valence-corrected chi connectivity index (χ0v) is 14.4. The molecule has 0 unspecified atom stereocenters. The molecular weight excluding hydrogens is 340 g/mol. The zero-order valence-electron chi connectivity index (χ0n) is 13.6. The molecule has 3 aromatic rings. The van der Waals surface area contributed by atoms with E-state index in [0.717, 1.165) is 16.8 Å². The summed E-state index contributed by atoms with van der Waals surface area (Å²) >= 11 is 5.81. The number of aromatic nitrogens is 3. The number of nitrogens with zero attached hydrogens (tertiary/aromatic N) is 3. The summed E-state index contributed by atoms with van der Waals surface area (Å²) < 4.78 is 7.14. The highest BCUT2D eigenvalue weighted by Gasteiger charge is 2.10. The molecule has 0 radical (unpaired) electrons. The van der Waals surface area contributed by atoms with E-state index in [-0.39, 0.29) is 12.5 Å². The smallest absolute Gasteiger partial charge is 0.258 e. The Morgan fingerprint density at radius 1 is 1.28 bits per heavy atom. The van der Waals surface area contributed by atoms with E-state index in [0.29, 0.717) is 17.3 Å². The summed E-state index contributed by atoms with van der Waals surface area (Å²) in [5.74, 6) is 0.382. The van der Waals surface area contributed by atoms with Gasteiger partial charge in [-0.25, -0.2) is 0 Å². The molecule has 0 aliphatic carbocycles. The van der Waals surface area contributed by atoms with Crippen LogP contribution in [0.2, 0.25) is 5.02 Å². The Kier molecular flexibility index (Phi) is 5.30. The third-order valence-electron chi connectivity index (χ3n) is 3.53. The van der Waals surface area contributed by atoms with E-state index < -0.39 is 0 Å². The molecule has 1 aromatic carbocycles. The minimum atomic E-state index is -0.212. The number of nitrogens with one attached hydrogen (secondary N) is 1. The molecule has 7 heteroatoms. The first-order chi connectivity index (χ1) is 12.1. The van der Waals surface area contributed by atoms with Crippen molar-refractivity contribution in [1.82, 2.24) is 20.1 Å². The average molecular weight is 357 g/mol. The molecule has 6 nitrogen and oxygen atoms in total. The lowest BCUT2D eigenvalue weighted by Crippen LogP contribution is -2.28. The third-order valence-corrected chi connectivity index (χ3v) is 3.78. The topological polar surface area (TPSA) is 69.0 Å². The van der Waals surface area contributed by atoms with Crippen LogP contribution in [-0.2, 0) is 18.4 Å². The molecule has 2 aromatic heterocycles. The van der Waals surface area contributed by atoms with Gasteiger partial charge in [0.15, 0.2) is 6.61 Å². The summed E-state index contributed by atoms with van der Waals surface area (Å²) in [4.78, 5) is 16.4. The largest absolute Gasteiger partial charge is 0.484 e. The average Bonchev–Trinajstić information content (AvgIpc) is 3.06. The molecule has 0 fully saturated rings. The number of rotatable bonds is 6. The first-order valence-corrected chi connectivity index (χ1v) is 8.07. The van der Waals surface area contributed by atoms with Gasteiger partial charge in [-0.1, -0.05) is 17.7 Å². The van der Waals surface area contributed by atoms with Crippen molar-refractivity contribution < 1.29 is 9.53 Å². The molecule has 0 aliphatic rings. The lowest BCUT2D eigenvalue weighted by atomic mass is 10.1. The highest BCUT2D eigenvalue weighted by atomic mass is 35.5. The highest BCUT2D eigenvalue weighted by molar-refractivity contribution is 6.30. The van der Waals surface area contributed by atoms with Crippen molar-refractivity contribution in [2.24, 2.45) is 7.05 Å². The molecule has 25 heavy (non-hydrogen) atoms.